The van der Waals surface area contributed by atoms with Crippen molar-refractivity contribution in [3.63, 3.8) is 0 Å². The maximum atomic E-state index is 3.53. The second kappa shape index (κ2) is 16.4. The van der Waals surface area contributed by atoms with Crippen molar-refractivity contribution in [3.8, 4) is 11.1 Å². The van der Waals surface area contributed by atoms with Crippen LogP contribution in [0.25, 0.3) is 11.1 Å². The van der Waals surface area contributed by atoms with Crippen LogP contribution < -0.4 is 24.8 Å². The molecule has 0 aliphatic heterocycles. The van der Waals surface area contributed by atoms with Crippen molar-refractivity contribution in [3.05, 3.63) is 123 Å². The SMILES string of the molecule is CC(C)(C)c1c[c-]c2c(c1)-c1cc(C(C)(C)C)ccc1C2.CC(C)(C)c1ccc([CH]=[Zr+2])cc1.Cc1cc(C2C3CC4CC(C3)CC2C4)c[cH-]1.[Cl-].[Cl-]. The van der Waals surface area contributed by atoms with Crippen LogP contribution in [0.3, 0.4) is 0 Å². The molecule has 0 unspecified atom stereocenters. The van der Waals surface area contributed by atoms with E-state index in [1.807, 2.05) is 0 Å². The average Bonchev–Trinajstić information content (AvgIpc) is 3.62. The molecule has 0 aromatic heterocycles. The largest absolute Gasteiger partial charge is 1.00 e. The first-order valence-electron chi connectivity index (χ1n) is 19.0. The standard InChI is InChI=1S/C21H25.C16H21.C11H14.2ClH.Zr/c1-20(2,3)16-9-7-14-11-15-8-10-17(21(4,5)6)13-19(15)18(14)12-16;1-10-2-3-13(4-10)16-14-6-11-5-12(8-14)9-15(16)7-11;1-9-5-7-10(8-6-9)11(2,3)4;;;/h7,9-10,12-13H,11H2,1-6H3;2-4,11-12,14-16H,5-9H2,1H3;1,5-8H,2-4H3;2*1H;/q2*-1;;;;+2/p-2. The fourth-order valence-corrected chi connectivity index (χ4v) is 9.80. The third-order valence-electron chi connectivity index (χ3n) is 12.0. The van der Waals surface area contributed by atoms with E-state index in [1.165, 1.54) is 74.3 Å². The van der Waals surface area contributed by atoms with E-state index in [1.54, 1.807) is 37.7 Å². The van der Waals surface area contributed by atoms with Crippen LogP contribution in [-0.2, 0) is 46.9 Å². The second-order valence-electron chi connectivity index (χ2n) is 19.0. The van der Waals surface area contributed by atoms with Crippen LogP contribution in [0.15, 0.2) is 72.8 Å². The van der Waals surface area contributed by atoms with Gasteiger partial charge in [-0.25, -0.2) is 6.07 Å². The summed E-state index contributed by atoms with van der Waals surface area (Å²) in [6, 6.07) is 31.0. The van der Waals surface area contributed by atoms with Gasteiger partial charge in [-0.1, -0.05) is 89.1 Å². The minimum absolute atomic E-state index is 0. The van der Waals surface area contributed by atoms with E-state index in [-0.39, 0.29) is 41.1 Å². The van der Waals surface area contributed by atoms with E-state index in [0.717, 1.165) is 36.0 Å². The topological polar surface area (TPSA) is 0 Å². The smallest absolute Gasteiger partial charge is 0.0407 e. The molecule has 5 aliphatic rings. The van der Waals surface area contributed by atoms with Crippen molar-refractivity contribution in [2.24, 2.45) is 23.7 Å². The Morgan fingerprint density at radius 2 is 1.20 bits per heavy atom. The molecule has 0 spiro atoms. The monoisotopic (exact) mass is 796 g/mol. The zero-order chi connectivity index (χ0) is 35.3. The first-order valence-corrected chi connectivity index (χ1v) is 20.4. The Labute approximate surface area is 338 Å². The molecule has 0 radical (unpaired) electrons. The van der Waals surface area contributed by atoms with Crippen molar-refractivity contribution in [1.29, 1.82) is 0 Å². The normalized spacial score (nSPS) is 22.6. The van der Waals surface area contributed by atoms with Gasteiger partial charge in [0.1, 0.15) is 0 Å². The molecule has 3 heteroatoms. The van der Waals surface area contributed by atoms with Crippen LogP contribution in [-0.4, -0.2) is 3.71 Å². The van der Waals surface area contributed by atoms with Gasteiger partial charge in [-0.2, -0.15) is 52.6 Å². The molecule has 4 bridgehead atoms. The molecule has 0 amide bonds. The van der Waals surface area contributed by atoms with Crippen molar-refractivity contribution < 1.29 is 49.0 Å². The summed E-state index contributed by atoms with van der Waals surface area (Å²) < 4.78 is 2.21. The van der Waals surface area contributed by atoms with Crippen LogP contribution in [0.5, 0.6) is 0 Å². The van der Waals surface area contributed by atoms with Crippen molar-refractivity contribution in [1.82, 2.24) is 0 Å². The van der Waals surface area contributed by atoms with Crippen LogP contribution >= 0.6 is 0 Å². The molecule has 4 fully saturated rings. The Bertz CT molecular complexity index is 1680. The van der Waals surface area contributed by atoms with Gasteiger partial charge in [0.15, 0.2) is 0 Å². The van der Waals surface area contributed by atoms with E-state index in [9.17, 15) is 0 Å². The molecule has 0 atom stereocenters. The number of hydrogen-bond donors (Lipinski definition) is 0. The predicted octanol–water partition coefficient (Wildman–Crippen LogP) is 6.60. The van der Waals surface area contributed by atoms with E-state index >= 15 is 0 Å². The molecule has 4 aromatic carbocycles. The van der Waals surface area contributed by atoms with Crippen molar-refractivity contribution >= 4 is 3.71 Å². The number of fused-ring (bicyclic) bond motifs is 3. The van der Waals surface area contributed by atoms with E-state index < -0.39 is 0 Å². The van der Waals surface area contributed by atoms with Crippen LogP contribution in [0.2, 0.25) is 0 Å². The van der Waals surface area contributed by atoms with Gasteiger partial charge in [-0.05, 0) is 73.2 Å². The molecule has 9 rings (SSSR count). The van der Waals surface area contributed by atoms with Crippen molar-refractivity contribution in [2.75, 3.05) is 0 Å². The number of halogens is 2. The minimum Gasteiger partial charge on any atom is -1.00 e. The zero-order valence-corrected chi connectivity index (χ0v) is 36.9. The van der Waals surface area contributed by atoms with Gasteiger partial charge in [0.2, 0.25) is 0 Å². The Kier molecular flexibility index (Phi) is 13.5. The number of benzene rings is 3. The van der Waals surface area contributed by atoms with E-state index in [2.05, 4.69) is 152 Å². The van der Waals surface area contributed by atoms with Crippen LogP contribution in [0.1, 0.15) is 145 Å². The molecule has 0 saturated heterocycles. The molecular formula is C48H60Cl2Zr-2. The quantitative estimate of drug-likeness (QED) is 0.177. The van der Waals surface area contributed by atoms with E-state index in [0.29, 0.717) is 0 Å². The summed E-state index contributed by atoms with van der Waals surface area (Å²) in [6.45, 7) is 22.6. The Hall–Kier alpha value is -1.66. The molecule has 0 N–H and O–H groups in total. The Balaban J connectivity index is 0.000000175. The minimum atomic E-state index is 0. The zero-order valence-electron chi connectivity index (χ0n) is 32.9. The molecule has 51 heavy (non-hydrogen) atoms. The van der Waals surface area contributed by atoms with Crippen molar-refractivity contribution in [2.45, 2.75) is 130 Å². The summed E-state index contributed by atoms with van der Waals surface area (Å²) in [6.07, 6.45) is 8.77. The second-order valence-corrected chi connectivity index (χ2v) is 19.7. The number of hydrogen-bond acceptors (Lipinski definition) is 0. The molecule has 4 saturated carbocycles. The number of rotatable bonds is 2. The molecule has 272 valence electrons. The fraction of sp³-hybridized carbons (Fsp3) is 0.500. The fourth-order valence-electron chi connectivity index (χ4n) is 9.33. The molecule has 5 aliphatic carbocycles. The Morgan fingerprint density at radius 1 is 0.667 bits per heavy atom. The average molecular weight is 799 g/mol. The summed E-state index contributed by atoms with van der Waals surface area (Å²) in [4.78, 5) is 0. The number of aryl methyl sites for hydroxylation is 1. The Morgan fingerprint density at radius 3 is 1.69 bits per heavy atom. The van der Waals surface area contributed by atoms with Gasteiger partial charge in [0, 0.05) is 0 Å². The molecule has 0 nitrogen and oxygen atoms in total. The van der Waals surface area contributed by atoms with Gasteiger partial charge >= 0.3 is 89.5 Å². The maximum absolute atomic E-state index is 3.53. The van der Waals surface area contributed by atoms with Crippen LogP contribution in [0.4, 0.5) is 0 Å². The van der Waals surface area contributed by atoms with Gasteiger partial charge in [0.05, 0.1) is 0 Å². The molecule has 4 aromatic rings. The first-order chi connectivity index (χ1) is 23.0. The summed E-state index contributed by atoms with van der Waals surface area (Å²) >= 11 is 1.46. The predicted molar refractivity (Wildman–Crippen MR) is 208 cm³/mol. The molecular weight excluding hydrogens is 739 g/mol. The summed E-state index contributed by atoms with van der Waals surface area (Å²) in [5.74, 6) is 5.22. The van der Waals surface area contributed by atoms with Gasteiger partial charge in [0.25, 0.3) is 0 Å². The van der Waals surface area contributed by atoms with Crippen LogP contribution in [0, 0.1) is 36.7 Å². The van der Waals surface area contributed by atoms with E-state index in [4.69, 9.17) is 0 Å². The summed E-state index contributed by atoms with van der Waals surface area (Å²) in [5.41, 5.74) is 14.9. The maximum Gasteiger partial charge on any atom is -0.0407 e. The summed E-state index contributed by atoms with van der Waals surface area (Å²) in [5, 5.41) is 0. The molecule has 0 heterocycles. The first kappa shape index (κ1) is 42.1. The third kappa shape index (κ3) is 9.72. The van der Waals surface area contributed by atoms with Gasteiger partial charge in [-0.3, -0.25) is 0 Å². The van der Waals surface area contributed by atoms with Gasteiger partial charge < -0.3 is 24.8 Å². The summed E-state index contributed by atoms with van der Waals surface area (Å²) in [7, 11) is 0. The third-order valence-corrected chi connectivity index (χ3v) is 12.8. The van der Waals surface area contributed by atoms with Gasteiger partial charge in [-0.15, -0.1) is 5.56 Å².